The molecule has 9 nitrogen and oxygen atoms in total. The first-order valence-corrected chi connectivity index (χ1v) is 10.5. The number of hydrogen-bond donors (Lipinski definition) is 1. The Morgan fingerprint density at radius 3 is 2.52 bits per heavy atom. The second kappa shape index (κ2) is 7.22. The molecule has 0 unspecified atom stereocenters. The molecule has 4 rings (SSSR count). The van der Waals surface area contributed by atoms with Gasteiger partial charge in [-0.25, -0.2) is 28.1 Å². The molecule has 29 heavy (non-hydrogen) atoms. The van der Waals surface area contributed by atoms with Crippen molar-refractivity contribution < 1.29 is 13.2 Å². The lowest BCUT2D eigenvalue weighted by Gasteiger charge is -2.09. The van der Waals surface area contributed by atoms with E-state index in [0.717, 1.165) is 6.26 Å². The van der Waals surface area contributed by atoms with E-state index in [2.05, 4.69) is 25.4 Å². The summed E-state index contributed by atoms with van der Waals surface area (Å²) in [5.74, 6) is -0.291. The van der Waals surface area contributed by atoms with Crippen LogP contribution in [0.15, 0.2) is 60.0 Å². The lowest BCUT2D eigenvalue weighted by Crippen LogP contribution is -2.17. The zero-order valence-electron chi connectivity index (χ0n) is 14.9. The molecular weight excluding hydrogens is 416 g/mol. The first kappa shape index (κ1) is 19.0. The Morgan fingerprint density at radius 1 is 1.10 bits per heavy atom. The van der Waals surface area contributed by atoms with E-state index in [9.17, 15) is 13.2 Å². The molecular formula is C18H13ClN6O3S. The average Bonchev–Trinajstić information content (AvgIpc) is 3.21. The van der Waals surface area contributed by atoms with E-state index in [1.165, 1.54) is 41.6 Å². The van der Waals surface area contributed by atoms with Gasteiger partial charge in [-0.2, -0.15) is 5.10 Å². The molecule has 0 radical (unpaired) electrons. The minimum absolute atomic E-state index is 0.0856. The van der Waals surface area contributed by atoms with E-state index < -0.39 is 15.7 Å². The molecule has 0 atom stereocenters. The molecule has 0 aliphatic rings. The van der Waals surface area contributed by atoms with E-state index >= 15 is 0 Å². The number of aromatic nitrogens is 5. The van der Waals surface area contributed by atoms with Crippen molar-refractivity contribution in [3.8, 4) is 5.82 Å². The lowest BCUT2D eigenvalue weighted by molar-refractivity contribution is 0.101. The molecule has 0 bridgehead atoms. The quantitative estimate of drug-likeness (QED) is 0.530. The van der Waals surface area contributed by atoms with Crippen molar-refractivity contribution in [1.82, 2.24) is 24.7 Å². The molecule has 2 aromatic heterocycles. The van der Waals surface area contributed by atoms with Crippen LogP contribution in [0.5, 0.6) is 0 Å². The van der Waals surface area contributed by atoms with Crippen LogP contribution in [0, 0.1) is 0 Å². The van der Waals surface area contributed by atoms with Gasteiger partial charge in [0.05, 0.1) is 10.4 Å². The van der Waals surface area contributed by atoms with E-state index in [1.54, 1.807) is 18.2 Å². The van der Waals surface area contributed by atoms with Crippen molar-refractivity contribution in [2.45, 2.75) is 4.90 Å². The maximum Gasteiger partial charge on any atom is 0.293 e. The Hall–Kier alpha value is -3.37. The zero-order valence-corrected chi connectivity index (χ0v) is 16.5. The van der Waals surface area contributed by atoms with Crippen LogP contribution in [0.4, 0.5) is 5.69 Å². The van der Waals surface area contributed by atoms with E-state index in [4.69, 9.17) is 11.6 Å². The minimum Gasteiger partial charge on any atom is -0.319 e. The number of hydrogen-bond acceptors (Lipinski definition) is 7. The fourth-order valence-electron chi connectivity index (χ4n) is 2.65. The Bertz CT molecular complexity index is 1320. The van der Waals surface area contributed by atoms with E-state index in [-0.39, 0.29) is 10.7 Å². The van der Waals surface area contributed by atoms with Crippen LogP contribution in [0.1, 0.15) is 10.6 Å². The summed E-state index contributed by atoms with van der Waals surface area (Å²) < 4.78 is 24.5. The summed E-state index contributed by atoms with van der Waals surface area (Å²) in [4.78, 5) is 25.4. The van der Waals surface area contributed by atoms with Crippen molar-refractivity contribution in [2.75, 3.05) is 11.6 Å². The van der Waals surface area contributed by atoms with E-state index in [0.29, 0.717) is 27.4 Å². The molecule has 0 spiro atoms. The van der Waals surface area contributed by atoms with Crippen molar-refractivity contribution in [1.29, 1.82) is 0 Å². The van der Waals surface area contributed by atoms with Gasteiger partial charge in [-0.3, -0.25) is 4.79 Å². The van der Waals surface area contributed by atoms with Gasteiger partial charge >= 0.3 is 0 Å². The minimum atomic E-state index is -3.32. The number of nitrogens with zero attached hydrogens (tertiary/aromatic N) is 5. The number of carbonyl (C=O) groups is 1. The molecule has 11 heteroatoms. The van der Waals surface area contributed by atoms with Gasteiger partial charge in [0.15, 0.2) is 15.7 Å². The second-order valence-electron chi connectivity index (χ2n) is 6.12. The molecule has 1 amide bonds. The summed E-state index contributed by atoms with van der Waals surface area (Å²) in [5.41, 5.74) is 0.914. The molecule has 0 aliphatic heterocycles. The number of halogens is 1. The Kier molecular flexibility index (Phi) is 4.73. The standard InChI is InChI=1S/C18H13ClN6O3S/c1-29(27,28)13-5-3-12(4-6-13)22-18(26)16-23-15-7-2-11(19)8-14(15)17(24-16)25-10-20-9-21-25/h2-10H,1H3,(H,22,26). The van der Waals surface area contributed by atoms with Gasteiger partial charge in [0.2, 0.25) is 5.82 Å². The van der Waals surface area contributed by atoms with Crippen LogP contribution < -0.4 is 5.32 Å². The number of sulfone groups is 1. The number of rotatable bonds is 4. The van der Waals surface area contributed by atoms with Crippen LogP contribution >= 0.6 is 11.6 Å². The van der Waals surface area contributed by atoms with Gasteiger partial charge in [0.1, 0.15) is 12.7 Å². The highest BCUT2D eigenvalue weighted by Crippen LogP contribution is 2.23. The van der Waals surface area contributed by atoms with Crippen LogP contribution in [0.2, 0.25) is 5.02 Å². The number of amides is 1. The normalized spacial score (nSPS) is 11.5. The number of fused-ring (bicyclic) bond motifs is 1. The van der Waals surface area contributed by atoms with Gasteiger partial charge in [0.25, 0.3) is 5.91 Å². The topological polar surface area (TPSA) is 120 Å². The Labute approximate surface area is 170 Å². The second-order valence-corrected chi connectivity index (χ2v) is 8.58. The molecule has 1 N–H and O–H groups in total. The van der Waals surface area contributed by atoms with Crippen molar-refractivity contribution in [3.63, 3.8) is 0 Å². The summed E-state index contributed by atoms with van der Waals surface area (Å²) in [6.07, 6.45) is 3.91. The van der Waals surface area contributed by atoms with Crippen molar-refractivity contribution in [3.05, 3.63) is 66.0 Å². The molecule has 0 saturated carbocycles. The average molecular weight is 429 g/mol. The van der Waals surface area contributed by atoms with Gasteiger partial charge in [-0.1, -0.05) is 11.6 Å². The fraction of sp³-hybridized carbons (Fsp3) is 0.0556. The Balaban J connectivity index is 1.72. The first-order chi connectivity index (χ1) is 13.8. The van der Waals surface area contributed by atoms with Crippen molar-refractivity contribution in [2.24, 2.45) is 0 Å². The highest BCUT2D eigenvalue weighted by Gasteiger charge is 2.17. The van der Waals surface area contributed by atoms with Crippen LogP contribution in [0.3, 0.4) is 0 Å². The first-order valence-electron chi connectivity index (χ1n) is 8.25. The number of nitrogens with one attached hydrogen (secondary N) is 1. The van der Waals surface area contributed by atoms with Gasteiger partial charge in [-0.15, -0.1) is 0 Å². The van der Waals surface area contributed by atoms with Gasteiger partial charge in [-0.05, 0) is 42.5 Å². The van der Waals surface area contributed by atoms with Gasteiger partial charge in [0, 0.05) is 22.4 Å². The molecule has 2 aromatic carbocycles. The summed E-state index contributed by atoms with van der Waals surface area (Å²) in [6.45, 7) is 0. The highest BCUT2D eigenvalue weighted by atomic mass is 35.5. The monoisotopic (exact) mass is 428 g/mol. The largest absolute Gasteiger partial charge is 0.319 e. The third-order valence-electron chi connectivity index (χ3n) is 4.02. The smallest absolute Gasteiger partial charge is 0.293 e. The maximum absolute atomic E-state index is 12.7. The molecule has 146 valence electrons. The molecule has 4 aromatic rings. The summed E-state index contributed by atoms with van der Waals surface area (Å²) in [5, 5.41) is 7.82. The third kappa shape index (κ3) is 3.93. The zero-order chi connectivity index (χ0) is 20.6. The number of carbonyl (C=O) groups excluding carboxylic acids is 1. The highest BCUT2D eigenvalue weighted by molar-refractivity contribution is 7.90. The van der Waals surface area contributed by atoms with E-state index in [1.807, 2.05) is 0 Å². The molecule has 2 heterocycles. The predicted octanol–water partition coefficient (Wildman–Crippen LogP) is 2.52. The van der Waals surface area contributed by atoms with Gasteiger partial charge < -0.3 is 5.32 Å². The third-order valence-corrected chi connectivity index (χ3v) is 5.38. The van der Waals surface area contributed by atoms with Crippen molar-refractivity contribution >= 4 is 43.9 Å². The van der Waals surface area contributed by atoms with Crippen LogP contribution in [-0.2, 0) is 9.84 Å². The van der Waals surface area contributed by atoms with Crippen LogP contribution in [-0.4, -0.2) is 45.3 Å². The van der Waals surface area contributed by atoms with Crippen LogP contribution in [0.25, 0.3) is 16.7 Å². The predicted molar refractivity (Wildman–Crippen MR) is 107 cm³/mol. The number of anilines is 1. The molecule has 0 aliphatic carbocycles. The fourth-order valence-corrected chi connectivity index (χ4v) is 3.45. The molecule has 0 fully saturated rings. The molecule has 0 saturated heterocycles. The summed E-state index contributed by atoms with van der Waals surface area (Å²) in [6, 6.07) is 10.8. The maximum atomic E-state index is 12.7. The SMILES string of the molecule is CS(=O)(=O)c1ccc(NC(=O)c2nc(-n3cncn3)c3cc(Cl)ccc3n2)cc1. The lowest BCUT2D eigenvalue weighted by atomic mass is 10.2. The number of benzene rings is 2. The summed E-state index contributed by atoms with van der Waals surface area (Å²) in [7, 11) is -3.32. The Morgan fingerprint density at radius 2 is 1.86 bits per heavy atom. The summed E-state index contributed by atoms with van der Waals surface area (Å²) >= 11 is 6.08.